The third kappa shape index (κ3) is 4.08. The summed E-state index contributed by atoms with van der Waals surface area (Å²) in [7, 11) is 0. The van der Waals surface area contributed by atoms with Gasteiger partial charge in [0.1, 0.15) is 0 Å². The van der Waals surface area contributed by atoms with E-state index in [0.29, 0.717) is 18.5 Å². The molecule has 6 heteroatoms. The van der Waals surface area contributed by atoms with Crippen LogP contribution >= 0.6 is 0 Å². The zero-order valence-corrected chi connectivity index (χ0v) is 14.7. The van der Waals surface area contributed by atoms with Gasteiger partial charge in [-0.05, 0) is 25.3 Å². The molecule has 1 aliphatic carbocycles. The third-order valence-corrected chi connectivity index (χ3v) is 5.22. The van der Waals surface area contributed by atoms with Crippen LogP contribution in [0.1, 0.15) is 49.1 Å². The third-order valence-electron chi connectivity index (χ3n) is 5.22. The van der Waals surface area contributed by atoms with Crippen LogP contribution in [-0.4, -0.2) is 57.3 Å². The van der Waals surface area contributed by atoms with E-state index in [9.17, 15) is 5.11 Å². The molecule has 2 atom stereocenters. The van der Waals surface area contributed by atoms with Gasteiger partial charge in [-0.15, -0.1) is 0 Å². The first-order valence-electron chi connectivity index (χ1n) is 9.21. The normalized spacial score (nSPS) is 23.7. The summed E-state index contributed by atoms with van der Waals surface area (Å²) >= 11 is 0. The molecule has 1 aliphatic heterocycles. The van der Waals surface area contributed by atoms with E-state index in [1.807, 2.05) is 30.3 Å². The summed E-state index contributed by atoms with van der Waals surface area (Å²) in [5, 5.41) is 14.6. The molecule has 0 bridgehead atoms. The topological polar surface area (TPSA) is 65.6 Å². The molecule has 1 aromatic heterocycles. The van der Waals surface area contributed by atoms with Crippen LogP contribution in [0.5, 0.6) is 0 Å². The van der Waals surface area contributed by atoms with Crippen molar-refractivity contribution in [3.63, 3.8) is 0 Å². The standard InChI is InChI=1S/C19H26N4O2/c1-14-11-22(13-18-20-19(25-21-18)16-7-8-16)9-10-23(14)12-17(24)15-5-3-2-4-6-15/h2-6,14,16-17,24H,7-13H2,1H3/t14-,17+/m1/s1. The second kappa shape index (κ2) is 7.23. The fourth-order valence-corrected chi connectivity index (χ4v) is 3.52. The quantitative estimate of drug-likeness (QED) is 0.868. The average Bonchev–Trinajstić information content (AvgIpc) is 3.38. The number of hydrogen-bond acceptors (Lipinski definition) is 6. The predicted molar refractivity (Wildman–Crippen MR) is 94.0 cm³/mol. The number of aliphatic hydroxyl groups is 1. The van der Waals surface area contributed by atoms with Crippen LogP contribution in [0.3, 0.4) is 0 Å². The van der Waals surface area contributed by atoms with Crippen molar-refractivity contribution in [1.29, 1.82) is 0 Å². The van der Waals surface area contributed by atoms with Crippen LogP contribution in [0, 0.1) is 0 Å². The number of aromatic nitrogens is 2. The van der Waals surface area contributed by atoms with Crippen molar-refractivity contribution in [3.8, 4) is 0 Å². The molecule has 0 amide bonds. The maximum absolute atomic E-state index is 10.5. The summed E-state index contributed by atoms with van der Waals surface area (Å²) in [4.78, 5) is 9.26. The first-order valence-corrected chi connectivity index (χ1v) is 9.21. The molecule has 0 radical (unpaired) electrons. The molecule has 25 heavy (non-hydrogen) atoms. The van der Waals surface area contributed by atoms with Crippen molar-refractivity contribution in [2.75, 3.05) is 26.2 Å². The van der Waals surface area contributed by atoms with Crippen LogP contribution in [0.2, 0.25) is 0 Å². The van der Waals surface area contributed by atoms with E-state index in [1.165, 1.54) is 12.8 Å². The highest BCUT2D eigenvalue weighted by molar-refractivity contribution is 5.17. The number of hydrogen-bond donors (Lipinski definition) is 1. The largest absolute Gasteiger partial charge is 0.387 e. The number of benzene rings is 1. The van der Waals surface area contributed by atoms with Crippen LogP contribution in [0.15, 0.2) is 34.9 Å². The molecule has 1 N–H and O–H groups in total. The SMILES string of the molecule is C[C@@H]1CN(Cc2noc(C3CC3)n2)CCN1C[C@H](O)c1ccccc1. The Morgan fingerprint density at radius 2 is 2.04 bits per heavy atom. The van der Waals surface area contributed by atoms with Gasteiger partial charge in [-0.25, -0.2) is 0 Å². The van der Waals surface area contributed by atoms with Crippen LogP contribution in [-0.2, 0) is 6.54 Å². The zero-order valence-electron chi connectivity index (χ0n) is 14.7. The molecule has 2 aliphatic rings. The van der Waals surface area contributed by atoms with E-state index in [1.54, 1.807) is 0 Å². The molecule has 4 rings (SSSR count). The lowest BCUT2D eigenvalue weighted by atomic mass is 10.1. The van der Waals surface area contributed by atoms with Gasteiger partial charge in [0.05, 0.1) is 12.6 Å². The van der Waals surface area contributed by atoms with Crippen molar-refractivity contribution >= 4 is 0 Å². The maximum atomic E-state index is 10.5. The minimum absolute atomic E-state index is 0.391. The summed E-state index contributed by atoms with van der Waals surface area (Å²) in [6.45, 7) is 6.49. The van der Waals surface area contributed by atoms with Gasteiger partial charge in [0, 0.05) is 38.1 Å². The van der Waals surface area contributed by atoms with Crippen LogP contribution in [0.25, 0.3) is 0 Å². The number of piperazine rings is 1. The second-order valence-corrected chi connectivity index (χ2v) is 7.33. The molecule has 1 aromatic carbocycles. The van der Waals surface area contributed by atoms with Crippen molar-refractivity contribution in [3.05, 3.63) is 47.6 Å². The summed E-state index contributed by atoms with van der Waals surface area (Å²) in [6.07, 6.45) is 1.93. The van der Waals surface area contributed by atoms with E-state index in [2.05, 4.69) is 26.9 Å². The molecule has 0 unspecified atom stereocenters. The van der Waals surface area contributed by atoms with Gasteiger partial charge in [0.15, 0.2) is 5.82 Å². The lowest BCUT2D eigenvalue weighted by Crippen LogP contribution is -2.52. The lowest BCUT2D eigenvalue weighted by molar-refractivity contribution is 0.0351. The molecule has 1 saturated heterocycles. The summed E-state index contributed by atoms with van der Waals surface area (Å²) in [6, 6.07) is 10.3. The van der Waals surface area contributed by atoms with E-state index >= 15 is 0 Å². The Balaban J connectivity index is 1.29. The number of aliphatic hydroxyl groups excluding tert-OH is 1. The molecular formula is C19H26N4O2. The van der Waals surface area contributed by atoms with Gasteiger partial charge in [0.2, 0.25) is 5.89 Å². The average molecular weight is 342 g/mol. The van der Waals surface area contributed by atoms with Crippen molar-refractivity contribution < 1.29 is 9.63 Å². The molecule has 1 saturated carbocycles. The minimum atomic E-state index is -0.437. The Morgan fingerprint density at radius 3 is 2.76 bits per heavy atom. The highest BCUT2D eigenvalue weighted by Crippen LogP contribution is 2.38. The molecule has 6 nitrogen and oxygen atoms in total. The van der Waals surface area contributed by atoms with Crippen molar-refractivity contribution in [2.24, 2.45) is 0 Å². The first kappa shape index (κ1) is 16.7. The summed E-state index contributed by atoms with van der Waals surface area (Å²) in [5.74, 6) is 2.12. The van der Waals surface area contributed by atoms with Crippen molar-refractivity contribution in [2.45, 2.75) is 44.4 Å². The maximum Gasteiger partial charge on any atom is 0.229 e. The molecule has 2 fully saturated rings. The number of nitrogens with zero attached hydrogens (tertiary/aromatic N) is 4. The molecule has 0 spiro atoms. The Morgan fingerprint density at radius 1 is 1.24 bits per heavy atom. The second-order valence-electron chi connectivity index (χ2n) is 7.33. The zero-order chi connectivity index (χ0) is 17.2. The Bertz CT molecular complexity index is 686. The van der Waals surface area contributed by atoms with E-state index < -0.39 is 6.10 Å². The molecule has 2 heterocycles. The fraction of sp³-hybridized carbons (Fsp3) is 0.579. The number of β-amino-alcohol motifs (C(OH)–C–C–N with tert-alkyl or cyclic N) is 1. The van der Waals surface area contributed by atoms with Crippen LogP contribution in [0.4, 0.5) is 0 Å². The lowest BCUT2D eigenvalue weighted by Gasteiger charge is -2.40. The highest BCUT2D eigenvalue weighted by Gasteiger charge is 2.31. The van der Waals surface area contributed by atoms with E-state index in [-0.39, 0.29) is 0 Å². The molecule has 134 valence electrons. The Labute approximate surface area is 148 Å². The van der Waals surface area contributed by atoms with Crippen molar-refractivity contribution in [1.82, 2.24) is 19.9 Å². The van der Waals surface area contributed by atoms with E-state index in [4.69, 9.17) is 4.52 Å². The highest BCUT2D eigenvalue weighted by atomic mass is 16.5. The van der Waals surface area contributed by atoms with Gasteiger partial charge in [0.25, 0.3) is 0 Å². The molecule has 2 aromatic rings. The monoisotopic (exact) mass is 342 g/mol. The predicted octanol–water partition coefficient (Wildman–Crippen LogP) is 2.19. The Hall–Kier alpha value is -1.76. The van der Waals surface area contributed by atoms with Gasteiger partial charge in [-0.1, -0.05) is 35.5 Å². The Kier molecular flexibility index (Phi) is 4.83. The van der Waals surface area contributed by atoms with Gasteiger partial charge < -0.3 is 9.63 Å². The smallest absolute Gasteiger partial charge is 0.229 e. The summed E-state index contributed by atoms with van der Waals surface area (Å²) in [5.41, 5.74) is 0.983. The number of rotatable bonds is 6. The van der Waals surface area contributed by atoms with Crippen LogP contribution < -0.4 is 0 Å². The first-order chi connectivity index (χ1) is 12.2. The van der Waals surface area contributed by atoms with E-state index in [0.717, 1.165) is 43.5 Å². The summed E-state index contributed by atoms with van der Waals surface area (Å²) < 4.78 is 5.35. The minimum Gasteiger partial charge on any atom is -0.387 e. The fourth-order valence-electron chi connectivity index (χ4n) is 3.52. The van der Waals surface area contributed by atoms with Gasteiger partial charge in [-0.3, -0.25) is 9.80 Å². The van der Waals surface area contributed by atoms with Gasteiger partial charge >= 0.3 is 0 Å². The molecular weight excluding hydrogens is 316 g/mol. The van der Waals surface area contributed by atoms with Gasteiger partial charge in [-0.2, -0.15) is 4.98 Å².